The van der Waals surface area contributed by atoms with Crippen molar-refractivity contribution in [2.24, 2.45) is 0 Å². The van der Waals surface area contributed by atoms with E-state index in [2.05, 4.69) is 18.2 Å². The van der Waals surface area contributed by atoms with Crippen LogP contribution in [-0.2, 0) is 9.59 Å². The van der Waals surface area contributed by atoms with Crippen LogP contribution in [0.15, 0.2) is 54.6 Å². The molecule has 3 atom stereocenters. The molecule has 3 heterocycles. The van der Waals surface area contributed by atoms with Gasteiger partial charge in [0.2, 0.25) is 11.8 Å². The van der Waals surface area contributed by atoms with Gasteiger partial charge in [-0.25, -0.2) is 9.88 Å². The topological polar surface area (TPSA) is 54.7 Å². The number of fused-ring (bicyclic) bond motifs is 1. The SMILES string of the molecule is O=C1C[C@H](c2ccccc2)C(=O)N1C[NH+]1CCC[C@H](c2nc3ccccc3s2)C1. The number of aromatic nitrogens is 1. The van der Waals surface area contributed by atoms with Gasteiger partial charge < -0.3 is 4.90 Å². The molecule has 5 nitrogen and oxygen atoms in total. The number of rotatable bonds is 4. The van der Waals surface area contributed by atoms with Gasteiger partial charge in [0.15, 0.2) is 6.67 Å². The lowest BCUT2D eigenvalue weighted by atomic mass is 9.98. The molecule has 2 saturated heterocycles. The predicted octanol–water partition coefficient (Wildman–Crippen LogP) is 2.56. The van der Waals surface area contributed by atoms with Gasteiger partial charge in [-0.05, 0) is 30.5 Å². The molecule has 2 aliphatic heterocycles. The Morgan fingerprint density at radius 2 is 1.86 bits per heavy atom. The summed E-state index contributed by atoms with van der Waals surface area (Å²) in [6.07, 6.45) is 2.50. The van der Waals surface area contributed by atoms with Crippen LogP contribution in [0.5, 0.6) is 0 Å². The molecule has 3 aromatic rings. The number of piperidine rings is 1. The Kier molecular flexibility index (Phi) is 4.89. The summed E-state index contributed by atoms with van der Waals surface area (Å²) in [5.74, 6) is -0.0175. The molecule has 0 radical (unpaired) electrons. The highest BCUT2D eigenvalue weighted by atomic mass is 32.1. The first-order valence-corrected chi connectivity index (χ1v) is 11.1. The molecule has 0 spiro atoms. The molecular weight excluding hydrogens is 382 g/mol. The largest absolute Gasteiger partial charge is 0.317 e. The van der Waals surface area contributed by atoms with E-state index in [0.29, 0.717) is 12.6 Å². The summed E-state index contributed by atoms with van der Waals surface area (Å²) < 4.78 is 1.23. The van der Waals surface area contributed by atoms with Crippen molar-refractivity contribution in [3.05, 3.63) is 65.2 Å². The number of carbonyl (C=O) groups excluding carboxylic acids is 2. The van der Waals surface area contributed by atoms with E-state index in [-0.39, 0.29) is 24.2 Å². The number of amides is 2. The number of nitrogens with zero attached hydrogens (tertiary/aromatic N) is 2. The Labute approximate surface area is 174 Å². The first-order valence-electron chi connectivity index (χ1n) is 10.3. The lowest BCUT2D eigenvalue weighted by Gasteiger charge is -2.31. The van der Waals surface area contributed by atoms with Crippen LogP contribution in [0.3, 0.4) is 0 Å². The van der Waals surface area contributed by atoms with Crippen LogP contribution in [0.1, 0.15) is 41.7 Å². The maximum absolute atomic E-state index is 12.9. The van der Waals surface area contributed by atoms with Crippen molar-refractivity contribution < 1.29 is 14.5 Å². The standard InChI is InChI=1S/C23H23N3O2S/c27-21-13-18(16-7-2-1-3-8-16)23(28)26(21)15-25-12-6-9-17(14-25)22-24-19-10-4-5-11-20(19)29-22/h1-5,7-8,10-11,17-18H,6,9,12-15H2/p+1/t17-,18+/m0/s1. The molecule has 1 unspecified atom stereocenters. The van der Waals surface area contributed by atoms with Gasteiger partial charge in [-0.1, -0.05) is 42.5 Å². The van der Waals surface area contributed by atoms with Gasteiger partial charge >= 0.3 is 0 Å². The Morgan fingerprint density at radius 1 is 1.07 bits per heavy atom. The fraction of sp³-hybridized carbons (Fsp3) is 0.348. The number of thiazole rings is 1. The van der Waals surface area contributed by atoms with E-state index in [0.717, 1.165) is 37.0 Å². The number of hydrogen-bond donors (Lipinski definition) is 1. The van der Waals surface area contributed by atoms with Gasteiger partial charge in [0.05, 0.1) is 35.1 Å². The second-order valence-electron chi connectivity index (χ2n) is 8.05. The minimum Gasteiger partial charge on any atom is -0.317 e. The van der Waals surface area contributed by atoms with Crippen LogP contribution >= 0.6 is 11.3 Å². The Morgan fingerprint density at radius 3 is 2.69 bits per heavy atom. The van der Waals surface area contributed by atoms with Crippen LogP contribution in [-0.4, -0.2) is 41.5 Å². The molecule has 1 N–H and O–H groups in total. The van der Waals surface area contributed by atoms with Gasteiger partial charge in [0.25, 0.3) is 0 Å². The first-order chi connectivity index (χ1) is 14.2. The summed E-state index contributed by atoms with van der Waals surface area (Å²) in [7, 11) is 0. The maximum Gasteiger partial charge on any atom is 0.241 e. The maximum atomic E-state index is 12.9. The fourth-order valence-electron chi connectivity index (χ4n) is 4.59. The minimum absolute atomic E-state index is 0.0431. The minimum atomic E-state index is -0.326. The third-order valence-corrected chi connectivity index (χ3v) is 7.30. The molecule has 2 fully saturated rings. The summed E-state index contributed by atoms with van der Waals surface area (Å²) in [5.41, 5.74) is 2.00. The van der Waals surface area contributed by atoms with Crippen molar-refractivity contribution in [1.29, 1.82) is 0 Å². The number of carbonyl (C=O) groups is 2. The molecule has 0 aliphatic carbocycles. The molecule has 2 amide bonds. The number of likely N-dealkylation sites (tertiary alicyclic amines) is 2. The number of imide groups is 1. The Bertz CT molecular complexity index is 1020. The zero-order valence-electron chi connectivity index (χ0n) is 16.2. The molecule has 29 heavy (non-hydrogen) atoms. The predicted molar refractivity (Wildman–Crippen MR) is 113 cm³/mol. The molecule has 5 rings (SSSR count). The Balaban J connectivity index is 1.29. The van der Waals surface area contributed by atoms with Crippen molar-refractivity contribution in [3.63, 3.8) is 0 Å². The molecule has 1 aromatic heterocycles. The number of hydrogen-bond acceptors (Lipinski definition) is 4. The highest BCUT2D eigenvalue weighted by Gasteiger charge is 2.42. The summed E-state index contributed by atoms with van der Waals surface area (Å²) in [5, 5.41) is 1.18. The summed E-state index contributed by atoms with van der Waals surface area (Å²) in [6.45, 7) is 2.39. The van der Waals surface area contributed by atoms with Gasteiger partial charge in [0, 0.05) is 6.42 Å². The van der Waals surface area contributed by atoms with Crippen molar-refractivity contribution >= 4 is 33.4 Å². The number of nitrogens with one attached hydrogen (secondary N) is 1. The van der Waals surface area contributed by atoms with E-state index in [1.165, 1.54) is 19.5 Å². The van der Waals surface area contributed by atoms with E-state index in [9.17, 15) is 9.59 Å². The monoisotopic (exact) mass is 406 g/mol. The quantitative estimate of drug-likeness (QED) is 0.678. The van der Waals surface area contributed by atoms with Crippen molar-refractivity contribution in [2.45, 2.75) is 31.1 Å². The van der Waals surface area contributed by atoms with Crippen molar-refractivity contribution in [3.8, 4) is 0 Å². The smallest absolute Gasteiger partial charge is 0.241 e. The molecule has 148 valence electrons. The Hall–Kier alpha value is -2.57. The van der Waals surface area contributed by atoms with Gasteiger partial charge in [-0.2, -0.15) is 0 Å². The second kappa shape index (κ2) is 7.69. The highest BCUT2D eigenvalue weighted by Crippen LogP contribution is 2.31. The number of para-hydroxylation sites is 1. The van der Waals surface area contributed by atoms with Gasteiger partial charge in [-0.3, -0.25) is 9.59 Å². The van der Waals surface area contributed by atoms with Crippen LogP contribution in [0.4, 0.5) is 0 Å². The number of quaternary nitrogens is 1. The zero-order valence-corrected chi connectivity index (χ0v) is 17.0. The summed E-state index contributed by atoms with van der Waals surface area (Å²) >= 11 is 1.78. The third kappa shape index (κ3) is 3.58. The van der Waals surface area contributed by atoms with Crippen LogP contribution in [0.25, 0.3) is 10.2 Å². The van der Waals surface area contributed by atoms with Gasteiger partial charge in [-0.15, -0.1) is 11.3 Å². The molecule has 2 aliphatic rings. The lowest BCUT2D eigenvalue weighted by molar-refractivity contribution is -0.913. The average Bonchev–Trinajstić information content (AvgIpc) is 3.31. The highest BCUT2D eigenvalue weighted by molar-refractivity contribution is 7.18. The molecule has 0 bridgehead atoms. The second-order valence-corrected chi connectivity index (χ2v) is 9.11. The van der Waals surface area contributed by atoms with Crippen LogP contribution in [0.2, 0.25) is 0 Å². The van der Waals surface area contributed by atoms with Crippen LogP contribution < -0.4 is 4.90 Å². The van der Waals surface area contributed by atoms with E-state index in [4.69, 9.17) is 4.98 Å². The van der Waals surface area contributed by atoms with Crippen LogP contribution in [0, 0.1) is 0 Å². The van der Waals surface area contributed by atoms with Gasteiger partial charge in [0.1, 0.15) is 5.01 Å². The third-order valence-electron chi connectivity index (χ3n) is 6.11. The first kappa shape index (κ1) is 18.5. The van der Waals surface area contributed by atoms with E-state index in [1.807, 2.05) is 36.4 Å². The normalized spacial score (nSPS) is 25.1. The van der Waals surface area contributed by atoms with E-state index < -0.39 is 0 Å². The lowest BCUT2D eigenvalue weighted by Crippen LogP contribution is -3.15. The van der Waals surface area contributed by atoms with Crippen molar-refractivity contribution in [1.82, 2.24) is 9.88 Å². The molecule has 0 saturated carbocycles. The zero-order chi connectivity index (χ0) is 19.8. The molecule has 2 aromatic carbocycles. The summed E-state index contributed by atoms with van der Waals surface area (Å²) in [6, 6.07) is 17.9. The number of benzene rings is 2. The fourth-order valence-corrected chi connectivity index (χ4v) is 5.69. The molecule has 6 heteroatoms. The average molecular weight is 407 g/mol. The molecular formula is C23H24N3O2S+. The summed E-state index contributed by atoms with van der Waals surface area (Å²) in [4.78, 5) is 33.2. The van der Waals surface area contributed by atoms with E-state index in [1.54, 1.807) is 11.3 Å². The van der Waals surface area contributed by atoms with Crippen molar-refractivity contribution in [2.75, 3.05) is 19.8 Å². The van der Waals surface area contributed by atoms with E-state index >= 15 is 0 Å².